The molecule has 1 aromatic rings. The molecule has 0 aliphatic heterocycles. The molecule has 1 rings (SSSR count). The highest BCUT2D eigenvalue weighted by molar-refractivity contribution is 5.31. The Balaban J connectivity index is 2.94. The van der Waals surface area contributed by atoms with Crippen LogP contribution in [0.5, 0.6) is 5.75 Å². The Kier molecular flexibility index (Phi) is 3.93. The van der Waals surface area contributed by atoms with E-state index in [1.807, 2.05) is 13.0 Å². The van der Waals surface area contributed by atoms with Crippen LogP contribution in [0.15, 0.2) is 18.2 Å². The van der Waals surface area contributed by atoms with Gasteiger partial charge >= 0.3 is 0 Å². The van der Waals surface area contributed by atoms with E-state index in [1.165, 1.54) is 6.07 Å². The van der Waals surface area contributed by atoms with E-state index in [9.17, 15) is 4.39 Å². The number of hydrogen-bond acceptors (Lipinski definition) is 1. The average molecular weight is 196 g/mol. The summed E-state index contributed by atoms with van der Waals surface area (Å²) in [6.45, 7) is 6.65. The predicted molar refractivity (Wildman–Crippen MR) is 56.3 cm³/mol. The summed E-state index contributed by atoms with van der Waals surface area (Å²) in [5.41, 5.74) is 1.01. The molecule has 0 amide bonds. The molecular weight excluding hydrogens is 179 g/mol. The molecular formula is C12H17FO. The van der Waals surface area contributed by atoms with Crippen LogP contribution in [-0.2, 0) is 0 Å². The smallest absolute Gasteiger partial charge is 0.127 e. The van der Waals surface area contributed by atoms with Crippen molar-refractivity contribution in [2.75, 3.05) is 6.61 Å². The summed E-state index contributed by atoms with van der Waals surface area (Å²) in [6.07, 6.45) is 1.01. The molecule has 0 spiro atoms. The summed E-state index contributed by atoms with van der Waals surface area (Å²) in [6, 6.07) is 4.92. The Labute approximate surface area is 84.9 Å². The lowest BCUT2D eigenvalue weighted by Crippen LogP contribution is -1.97. The highest BCUT2D eigenvalue weighted by atomic mass is 19.1. The van der Waals surface area contributed by atoms with Crippen LogP contribution in [0.2, 0.25) is 0 Å². The summed E-state index contributed by atoms with van der Waals surface area (Å²) >= 11 is 0. The summed E-state index contributed by atoms with van der Waals surface area (Å²) in [7, 11) is 0. The van der Waals surface area contributed by atoms with Crippen LogP contribution in [0, 0.1) is 5.82 Å². The van der Waals surface area contributed by atoms with E-state index >= 15 is 0 Å². The van der Waals surface area contributed by atoms with Crippen LogP contribution < -0.4 is 4.74 Å². The second kappa shape index (κ2) is 4.99. The second-order valence-corrected chi connectivity index (χ2v) is 3.46. The lowest BCUT2D eigenvalue weighted by molar-refractivity contribution is 0.337. The molecule has 0 saturated carbocycles. The first-order chi connectivity index (χ1) is 6.67. The van der Waals surface area contributed by atoms with Gasteiger partial charge in [-0.05, 0) is 37.0 Å². The van der Waals surface area contributed by atoms with Crippen molar-refractivity contribution in [3.05, 3.63) is 29.6 Å². The van der Waals surface area contributed by atoms with Crippen molar-refractivity contribution < 1.29 is 9.13 Å². The number of rotatable bonds is 4. The van der Waals surface area contributed by atoms with Gasteiger partial charge < -0.3 is 4.74 Å². The Morgan fingerprint density at radius 2 is 2.00 bits per heavy atom. The van der Waals surface area contributed by atoms with Crippen molar-refractivity contribution in [1.29, 1.82) is 0 Å². The summed E-state index contributed by atoms with van der Waals surface area (Å²) in [5.74, 6) is 0.791. The van der Waals surface area contributed by atoms with E-state index in [1.54, 1.807) is 6.07 Å². The number of ether oxygens (including phenoxy) is 1. The van der Waals surface area contributed by atoms with Crippen LogP contribution in [0.25, 0.3) is 0 Å². The molecule has 0 aliphatic carbocycles. The predicted octanol–water partition coefficient (Wildman–Crippen LogP) is 3.74. The van der Waals surface area contributed by atoms with E-state index < -0.39 is 0 Å². The van der Waals surface area contributed by atoms with Gasteiger partial charge in [-0.3, -0.25) is 0 Å². The van der Waals surface area contributed by atoms with Gasteiger partial charge in [0, 0.05) is 6.07 Å². The zero-order valence-electron chi connectivity index (χ0n) is 9.01. The molecule has 0 N–H and O–H groups in total. The second-order valence-electron chi connectivity index (χ2n) is 3.46. The average Bonchev–Trinajstić information content (AvgIpc) is 2.16. The molecule has 78 valence electrons. The van der Waals surface area contributed by atoms with Gasteiger partial charge in [-0.25, -0.2) is 4.39 Å². The van der Waals surface area contributed by atoms with Crippen molar-refractivity contribution in [3.8, 4) is 5.75 Å². The number of halogens is 1. The van der Waals surface area contributed by atoms with Crippen molar-refractivity contribution >= 4 is 0 Å². The minimum Gasteiger partial charge on any atom is -0.494 e. The van der Waals surface area contributed by atoms with Gasteiger partial charge in [-0.1, -0.05) is 13.8 Å². The SMILES string of the molecule is CCOc1cc(F)cc(C(C)CC)c1. The summed E-state index contributed by atoms with van der Waals surface area (Å²) in [4.78, 5) is 0. The van der Waals surface area contributed by atoms with Crippen molar-refractivity contribution in [2.24, 2.45) is 0 Å². The van der Waals surface area contributed by atoms with E-state index in [0.29, 0.717) is 18.3 Å². The molecule has 0 bridgehead atoms. The maximum atomic E-state index is 13.2. The van der Waals surface area contributed by atoms with Gasteiger partial charge in [0.15, 0.2) is 0 Å². The van der Waals surface area contributed by atoms with E-state index in [2.05, 4.69) is 13.8 Å². The third kappa shape index (κ3) is 2.72. The quantitative estimate of drug-likeness (QED) is 0.712. The fraction of sp³-hybridized carbons (Fsp3) is 0.500. The molecule has 0 heterocycles. The molecule has 0 aromatic heterocycles. The Bertz CT molecular complexity index is 296. The third-order valence-electron chi connectivity index (χ3n) is 2.39. The van der Waals surface area contributed by atoms with Gasteiger partial charge in [0.2, 0.25) is 0 Å². The van der Waals surface area contributed by atoms with E-state index in [0.717, 1.165) is 12.0 Å². The molecule has 1 atom stereocenters. The van der Waals surface area contributed by atoms with Gasteiger partial charge in [-0.15, -0.1) is 0 Å². The zero-order chi connectivity index (χ0) is 10.6. The van der Waals surface area contributed by atoms with E-state index in [4.69, 9.17) is 4.74 Å². The lowest BCUT2D eigenvalue weighted by Gasteiger charge is -2.11. The Hall–Kier alpha value is -1.05. The largest absolute Gasteiger partial charge is 0.494 e. The first-order valence-corrected chi connectivity index (χ1v) is 5.10. The fourth-order valence-corrected chi connectivity index (χ4v) is 1.35. The molecule has 0 radical (unpaired) electrons. The van der Waals surface area contributed by atoms with Crippen LogP contribution in [0.1, 0.15) is 38.7 Å². The van der Waals surface area contributed by atoms with Gasteiger partial charge in [0.1, 0.15) is 11.6 Å². The normalized spacial score (nSPS) is 12.6. The molecule has 1 nitrogen and oxygen atoms in total. The molecule has 0 aliphatic rings. The highest BCUT2D eigenvalue weighted by Gasteiger charge is 2.06. The first-order valence-electron chi connectivity index (χ1n) is 5.10. The van der Waals surface area contributed by atoms with Gasteiger partial charge in [0.25, 0.3) is 0 Å². The molecule has 2 heteroatoms. The fourth-order valence-electron chi connectivity index (χ4n) is 1.35. The van der Waals surface area contributed by atoms with Crippen LogP contribution in [0.4, 0.5) is 4.39 Å². The Morgan fingerprint density at radius 3 is 2.57 bits per heavy atom. The Morgan fingerprint density at radius 1 is 1.29 bits per heavy atom. The first kappa shape index (κ1) is 11.0. The van der Waals surface area contributed by atoms with Crippen LogP contribution >= 0.6 is 0 Å². The van der Waals surface area contributed by atoms with Gasteiger partial charge in [0.05, 0.1) is 6.61 Å². The molecule has 1 unspecified atom stereocenters. The monoisotopic (exact) mass is 196 g/mol. The van der Waals surface area contributed by atoms with Crippen molar-refractivity contribution in [3.63, 3.8) is 0 Å². The van der Waals surface area contributed by atoms with E-state index in [-0.39, 0.29) is 5.82 Å². The molecule has 1 aromatic carbocycles. The molecule has 0 fully saturated rings. The molecule has 0 saturated heterocycles. The van der Waals surface area contributed by atoms with Crippen LogP contribution in [0.3, 0.4) is 0 Å². The summed E-state index contributed by atoms with van der Waals surface area (Å²) < 4.78 is 18.4. The number of hydrogen-bond donors (Lipinski definition) is 0. The van der Waals surface area contributed by atoms with Crippen molar-refractivity contribution in [1.82, 2.24) is 0 Å². The highest BCUT2D eigenvalue weighted by Crippen LogP contribution is 2.24. The molecule has 14 heavy (non-hydrogen) atoms. The minimum absolute atomic E-state index is 0.216. The maximum Gasteiger partial charge on any atom is 0.127 e. The third-order valence-corrected chi connectivity index (χ3v) is 2.39. The minimum atomic E-state index is -0.216. The maximum absolute atomic E-state index is 13.2. The lowest BCUT2D eigenvalue weighted by atomic mass is 9.98. The number of benzene rings is 1. The van der Waals surface area contributed by atoms with Crippen molar-refractivity contribution in [2.45, 2.75) is 33.1 Å². The standard InChI is InChI=1S/C12H17FO/c1-4-9(3)10-6-11(13)8-12(7-10)14-5-2/h6-9H,4-5H2,1-3H3. The topological polar surface area (TPSA) is 9.23 Å². The summed E-state index contributed by atoms with van der Waals surface area (Å²) in [5, 5.41) is 0. The van der Waals surface area contributed by atoms with Crippen LogP contribution in [-0.4, -0.2) is 6.61 Å². The zero-order valence-corrected chi connectivity index (χ0v) is 9.01. The van der Waals surface area contributed by atoms with Gasteiger partial charge in [-0.2, -0.15) is 0 Å².